The fraction of sp³-hybridized carbons (Fsp3) is 0.667. The van der Waals surface area contributed by atoms with Crippen molar-refractivity contribution in [2.45, 2.75) is 54.8 Å². The Morgan fingerprint density at radius 2 is 2.11 bits per heavy atom. The number of thioether (sulfide) groups is 1. The van der Waals surface area contributed by atoms with Gasteiger partial charge in [0, 0.05) is 35.9 Å². The number of guanidine groups is 1. The molecule has 7 heteroatoms. The number of aliphatic imine (C=N–C) groups is 1. The molecule has 1 aliphatic carbocycles. The number of rotatable bonds is 11. The standard InChI is InChI=1S/C21H33N3O2S.HI/c1-2-22-20(23-13-7-14-25-16-18-8-6-15-26-18)24-17-21(11-12-21)27-19-9-4-3-5-10-19;/h3-5,9-10,18H,2,6-8,11-17H2,1H3,(H2,22,23,24);1H. The van der Waals surface area contributed by atoms with E-state index < -0.39 is 0 Å². The van der Waals surface area contributed by atoms with Gasteiger partial charge in [-0.3, -0.25) is 4.99 Å². The van der Waals surface area contributed by atoms with Crippen molar-refractivity contribution in [3.63, 3.8) is 0 Å². The second-order valence-electron chi connectivity index (χ2n) is 7.28. The molecule has 2 fully saturated rings. The molecule has 2 N–H and O–H groups in total. The minimum absolute atomic E-state index is 0. The molecule has 28 heavy (non-hydrogen) atoms. The highest BCUT2D eigenvalue weighted by Crippen LogP contribution is 2.51. The van der Waals surface area contributed by atoms with Crippen LogP contribution in [0.15, 0.2) is 40.2 Å². The van der Waals surface area contributed by atoms with Crippen molar-refractivity contribution in [2.75, 3.05) is 39.5 Å². The summed E-state index contributed by atoms with van der Waals surface area (Å²) in [6.45, 7) is 7.09. The van der Waals surface area contributed by atoms with Gasteiger partial charge in [0.05, 0.1) is 19.3 Å². The SMILES string of the molecule is CCNC(=NCC1(Sc2ccccc2)CC1)NCCCOCC1CCCO1.I. The minimum atomic E-state index is 0. The van der Waals surface area contributed by atoms with E-state index in [1.54, 1.807) is 0 Å². The van der Waals surface area contributed by atoms with Crippen LogP contribution in [-0.2, 0) is 9.47 Å². The van der Waals surface area contributed by atoms with Crippen molar-refractivity contribution >= 4 is 41.7 Å². The van der Waals surface area contributed by atoms with Gasteiger partial charge in [-0.25, -0.2) is 0 Å². The molecule has 0 amide bonds. The number of halogens is 1. The van der Waals surface area contributed by atoms with E-state index in [0.29, 0.717) is 6.10 Å². The number of benzene rings is 1. The Morgan fingerprint density at radius 1 is 1.29 bits per heavy atom. The van der Waals surface area contributed by atoms with E-state index >= 15 is 0 Å². The van der Waals surface area contributed by atoms with Gasteiger partial charge in [0.2, 0.25) is 0 Å². The van der Waals surface area contributed by atoms with Gasteiger partial charge in [-0.2, -0.15) is 0 Å². The first-order valence-electron chi connectivity index (χ1n) is 10.3. The maximum atomic E-state index is 5.72. The molecule has 2 aliphatic rings. The zero-order chi connectivity index (χ0) is 18.8. The average molecular weight is 519 g/mol. The Hall–Kier alpha value is -0.510. The minimum Gasteiger partial charge on any atom is -0.379 e. The van der Waals surface area contributed by atoms with E-state index in [0.717, 1.165) is 58.3 Å². The van der Waals surface area contributed by atoms with Crippen molar-refractivity contribution in [2.24, 2.45) is 4.99 Å². The highest BCUT2D eigenvalue weighted by Gasteiger charge is 2.43. The normalized spacial score (nSPS) is 20.5. The van der Waals surface area contributed by atoms with Crippen molar-refractivity contribution in [3.05, 3.63) is 30.3 Å². The van der Waals surface area contributed by atoms with Crippen LogP contribution >= 0.6 is 35.7 Å². The molecule has 1 aliphatic heterocycles. The zero-order valence-electron chi connectivity index (χ0n) is 16.8. The summed E-state index contributed by atoms with van der Waals surface area (Å²) in [7, 11) is 0. The summed E-state index contributed by atoms with van der Waals surface area (Å²) in [5.74, 6) is 0.913. The molecular weight excluding hydrogens is 485 g/mol. The van der Waals surface area contributed by atoms with Crippen LogP contribution in [0.5, 0.6) is 0 Å². The molecule has 1 heterocycles. The van der Waals surface area contributed by atoms with E-state index in [4.69, 9.17) is 14.5 Å². The molecule has 1 atom stereocenters. The van der Waals surface area contributed by atoms with Gasteiger partial charge in [0.15, 0.2) is 5.96 Å². The molecule has 1 saturated heterocycles. The molecule has 1 unspecified atom stereocenters. The summed E-state index contributed by atoms with van der Waals surface area (Å²) in [6, 6.07) is 10.7. The Labute approximate surface area is 190 Å². The predicted molar refractivity (Wildman–Crippen MR) is 128 cm³/mol. The van der Waals surface area contributed by atoms with E-state index in [9.17, 15) is 0 Å². The highest BCUT2D eigenvalue weighted by molar-refractivity contribution is 14.0. The van der Waals surface area contributed by atoms with E-state index in [1.165, 1.54) is 24.2 Å². The van der Waals surface area contributed by atoms with Gasteiger partial charge in [0.25, 0.3) is 0 Å². The topological polar surface area (TPSA) is 54.9 Å². The molecule has 1 aromatic rings. The van der Waals surface area contributed by atoms with Crippen molar-refractivity contribution < 1.29 is 9.47 Å². The molecular formula is C21H34IN3O2S. The lowest BCUT2D eigenvalue weighted by Gasteiger charge is -2.15. The van der Waals surface area contributed by atoms with Gasteiger partial charge < -0.3 is 20.1 Å². The second-order valence-corrected chi connectivity index (χ2v) is 8.83. The molecule has 5 nitrogen and oxygen atoms in total. The second kappa shape index (κ2) is 12.9. The van der Waals surface area contributed by atoms with Crippen LogP contribution in [0.3, 0.4) is 0 Å². The van der Waals surface area contributed by atoms with Crippen molar-refractivity contribution in [1.82, 2.24) is 10.6 Å². The van der Waals surface area contributed by atoms with Crippen LogP contribution in [0.4, 0.5) is 0 Å². The van der Waals surface area contributed by atoms with Gasteiger partial charge in [-0.15, -0.1) is 35.7 Å². The molecule has 158 valence electrons. The van der Waals surface area contributed by atoms with Gasteiger partial charge in [-0.1, -0.05) is 18.2 Å². The van der Waals surface area contributed by atoms with Crippen LogP contribution in [0, 0.1) is 0 Å². The van der Waals surface area contributed by atoms with E-state index in [2.05, 4.69) is 47.9 Å². The maximum Gasteiger partial charge on any atom is 0.191 e. The molecule has 3 rings (SSSR count). The zero-order valence-corrected chi connectivity index (χ0v) is 20.0. The van der Waals surface area contributed by atoms with Crippen molar-refractivity contribution in [1.29, 1.82) is 0 Å². The highest BCUT2D eigenvalue weighted by atomic mass is 127. The summed E-state index contributed by atoms with van der Waals surface area (Å²) in [5.41, 5.74) is 0. The number of nitrogens with one attached hydrogen (secondary N) is 2. The third-order valence-corrected chi connectivity index (χ3v) is 6.32. The van der Waals surface area contributed by atoms with Crippen LogP contribution in [-0.4, -0.2) is 56.3 Å². The molecule has 0 radical (unpaired) electrons. The molecule has 1 aromatic carbocycles. The lowest BCUT2D eigenvalue weighted by atomic mass is 10.2. The summed E-state index contributed by atoms with van der Waals surface area (Å²) >= 11 is 1.97. The quantitative estimate of drug-likeness (QED) is 0.200. The number of nitrogens with zero attached hydrogens (tertiary/aromatic N) is 1. The lowest BCUT2D eigenvalue weighted by molar-refractivity contribution is 0.0168. The van der Waals surface area contributed by atoms with Crippen LogP contribution < -0.4 is 10.6 Å². The largest absolute Gasteiger partial charge is 0.379 e. The fourth-order valence-electron chi connectivity index (χ4n) is 3.11. The number of ether oxygens (including phenoxy) is 2. The van der Waals surface area contributed by atoms with Gasteiger partial charge in [-0.05, 0) is 51.2 Å². The Kier molecular flexibility index (Phi) is 11.0. The van der Waals surface area contributed by atoms with Gasteiger partial charge in [0.1, 0.15) is 0 Å². The van der Waals surface area contributed by atoms with Crippen molar-refractivity contribution in [3.8, 4) is 0 Å². The fourth-order valence-corrected chi connectivity index (χ4v) is 4.34. The first-order chi connectivity index (χ1) is 13.3. The van der Waals surface area contributed by atoms with E-state index in [-0.39, 0.29) is 28.7 Å². The maximum absolute atomic E-state index is 5.72. The van der Waals surface area contributed by atoms with E-state index in [1.807, 2.05) is 11.8 Å². The third kappa shape index (κ3) is 8.47. The molecule has 0 aromatic heterocycles. The summed E-state index contributed by atoms with van der Waals surface area (Å²) in [4.78, 5) is 6.18. The smallest absolute Gasteiger partial charge is 0.191 e. The van der Waals surface area contributed by atoms with Gasteiger partial charge >= 0.3 is 0 Å². The molecule has 0 bridgehead atoms. The lowest BCUT2D eigenvalue weighted by Crippen LogP contribution is -2.38. The number of hydrogen-bond acceptors (Lipinski definition) is 4. The van der Waals surface area contributed by atoms with Crippen LogP contribution in [0.25, 0.3) is 0 Å². The third-order valence-electron chi connectivity index (χ3n) is 4.84. The van der Waals surface area contributed by atoms with Crippen LogP contribution in [0.2, 0.25) is 0 Å². The Balaban J connectivity index is 0.00000280. The average Bonchev–Trinajstić information content (AvgIpc) is 3.24. The molecule has 0 spiro atoms. The Morgan fingerprint density at radius 3 is 2.79 bits per heavy atom. The monoisotopic (exact) mass is 519 g/mol. The first-order valence-corrected chi connectivity index (χ1v) is 11.1. The van der Waals surface area contributed by atoms with Crippen LogP contribution in [0.1, 0.15) is 39.0 Å². The first kappa shape index (κ1) is 23.8. The summed E-state index contributed by atoms with van der Waals surface area (Å²) in [6.07, 6.45) is 6.08. The predicted octanol–water partition coefficient (Wildman–Crippen LogP) is 4.07. The summed E-state index contributed by atoms with van der Waals surface area (Å²) < 4.78 is 11.6. The number of hydrogen-bond donors (Lipinski definition) is 2. The summed E-state index contributed by atoms with van der Waals surface area (Å²) in [5, 5.41) is 6.78. The Bertz CT molecular complexity index is 578. The molecule has 1 saturated carbocycles.